The maximum atomic E-state index is 14.9. The summed E-state index contributed by atoms with van der Waals surface area (Å²) in [5, 5.41) is 39.3. The van der Waals surface area contributed by atoms with Crippen molar-refractivity contribution in [2.45, 2.75) is 94.7 Å². The topological polar surface area (TPSA) is 195 Å². The van der Waals surface area contributed by atoms with Crippen molar-refractivity contribution in [3.8, 4) is 0 Å². The largest absolute Gasteiger partial charge is 0.456 e. The second kappa shape index (κ2) is 15.3. The summed E-state index contributed by atoms with van der Waals surface area (Å²) in [6.07, 6.45) is -7.67. The quantitative estimate of drug-likeness (QED) is 0.140. The molecule has 3 fully saturated rings. The number of aliphatic hydroxyl groups excluding tert-OH is 2. The summed E-state index contributed by atoms with van der Waals surface area (Å²) >= 11 is 0. The van der Waals surface area contributed by atoms with Gasteiger partial charge in [-0.2, -0.15) is 0 Å². The Kier molecular flexibility index (Phi) is 10.7. The number of amides is 1. The van der Waals surface area contributed by atoms with Crippen LogP contribution in [0.5, 0.6) is 0 Å². The van der Waals surface area contributed by atoms with Crippen molar-refractivity contribution in [2.24, 2.45) is 17.3 Å². The van der Waals surface area contributed by atoms with E-state index in [1.807, 2.05) is 0 Å². The van der Waals surface area contributed by atoms with Gasteiger partial charge in [0.05, 0.1) is 35.6 Å². The third-order valence-electron chi connectivity index (χ3n) is 12.5. The molecule has 2 bridgehead atoms. The lowest BCUT2D eigenvalue weighted by Gasteiger charge is -2.65. The highest BCUT2D eigenvalue weighted by molar-refractivity contribution is 5.95. The fraction of sp³-hybridized carbons (Fsp3) is 0.432. The second-order valence-corrected chi connectivity index (χ2v) is 15.9. The maximum Gasteiger partial charge on any atom is 0.338 e. The normalized spacial score (nSPS) is 32.8. The molecule has 4 N–H and O–H groups in total. The number of benzene rings is 3. The lowest BCUT2D eigenvalue weighted by atomic mass is 9.47. The first-order valence-electron chi connectivity index (χ1n) is 19.1. The summed E-state index contributed by atoms with van der Waals surface area (Å²) < 4.78 is 24.2. The highest BCUT2D eigenvalue weighted by Gasteiger charge is 2.75. The summed E-state index contributed by atoms with van der Waals surface area (Å²) in [5.74, 6) is -5.93. The van der Waals surface area contributed by atoms with Crippen molar-refractivity contribution in [1.29, 1.82) is 0 Å². The van der Waals surface area contributed by atoms with Gasteiger partial charge in [0, 0.05) is 37.7 Å². The Hall–Kier alpha value is -5.21. The fourth-order valence-electron chi connectivity index (χ4n) is 9.50. The van der Waals surface area contributed by atoms with Gasteiger partial charge in [-0.05, 0) is 49.2 Å². The molecule has 1 unspecified atom stereocenters. The summed E-state index contributed by atoms with van der Waals surface area (Å²) in [6.45, 7) is 5.86. The van der Waals surface area contributed by atoms with E-state index in [1.54, 1.807) is 99.6 Å². The van der Waals surface area contributed by atoms with E-state index in [1.165, 1.54) is 19.1 Å². The zero-order chi connectivity index (χ0) is 40.9. The van der Waals surface area contributed by atoms with Crippen LogP contribution in [0.15, 0.2) is 102 Å². The van der Waals surface area contributed by atoms with Crippen LogP contribution >= 0.6 is 0 Å². The van der Waals surface area contributed by atoms with Gasteiger partial charge in [0.2, 0.25) is 0 Å². The summed E-state index contributed by atoms with van der Waals surface area (Å²) in [7, 11) is 0. The molecular weight excluding hydrogens is 734 g/mol. The molecule has 7 rings (SSSR count). The lowest BCUT2D eigenvalue weighted by Crippen LogP contribution is -2.80. The van der Waals surface area contributed by atoms with E-state index in [4.69, 9.17) is 18.9 Å². The van der Waals surface area contributed by atoms with E-state index < -0.39 is 94.6 Å². The van der Waals surface area contributed by atoms with Crippen LogP contribution in [0, 0.1) is 17.3 Å². The molecule has 1 amide bonds. The van der Waals surface area contributed by atoms with Crippen LogP contribution in [0.3, 0.4) is 0 Å². The first kappa shape index (κ1) is 40.0. The van der Waals surface area contributed by atoms with E-state index in [9.17, 15) is 39.3 Å². The molecule has 0 radical (unpaired) electrons. The molecule has 300 valence electrons. The summed E-state index contributed by atoms with van der Waals surface area (Å²) in [4.78, 5) is 69.1. The fourth-order valence-corrected chi connectivity index (χ4v) is 9.50. The average Bonchev–Trinajstić information content (AvgIpc) is 3.20. The predicted octanol–water partition coefficient (Wildman–Crippen LogP) is 3.80. The third kappa shape index (κ3) is 6.96. The maximum absolute atomic E-state index is 14.9. The van der Waals surface area contributed by atoms with Crippen LogP contribution in [0.1, 0.15) is 79.3 Å². The summed E-state index contributed by atoms with van der Waals surface area (Å²) in [6, 6.07) is 23.5. The van der Waals surface area contributed by atoms with Gasteiger partial charge < -0.3 is 39.6 Å². The highest BCUT2D eigenvalue weighted by atomic mass is 16.6. The Labute approximate surface area is 330 Å². The Morgan fingerprint density at radius 2 is 1.51 bits per heavy atom. The molecule has 3 aliphatic carbocycles. The lowest BCUT2D eigenvalue weighted by molar-refractivity contribution is -0.340. The molecule has 1 saturated heterocycles. The zero-order valence-corrected chi connectivity index (χ0v) is 32.1. The van der Waals surface area contributed by atoms with Crippen LogP contribution in [-0.4, -0.2) is 93.2 Å². The van der Waals surface area contributed by atoms with Crippen LogP contribution in [-0.2, 0) is 33.3 Å². The smallest absolute Gasteiger partial charge is 0.338 e. The minimum Gasteiger partial charge on any atom is -0.456 e. The van der Waals surface area contributed by atoms with E-state index in [0.717, 1.165) is 0 Å². The Morgan fingerprint density at radius 3 is 2.09 bits per heavy atom. The molecule has 1 aliphatic heterocycles. The Bertz CT molecular complexity index is 2070. The van der Waals surface area contributed by atoms with Crippen LogP contribution < -0.4 is 5.32 Å². The first-order valence-corrected chi connectivity index (χ1v) is 19.1. The molecular formula is C44H47NO12. The van der Waals surface area contributed by atoms with E-state index in [0.29, 0.717) is 22.3 Å². The predicted molar refractivity (Wildman–Crippen MR) is 202 cm³/mol. The zero-order valence-electron chi connectivity index (χ0n) is 32.1. The molecule has 13 heteroatoms. The molecule has 11 atom stereocenters. The number of carbonyl (C=O) groups excluding carboxylic acids is 5. The van der Waals surface area contributed by atoms with Gasteiger partial charge in [0.15, 0.2) is 11.7 Å². The number of hydrogen-bond donors (Lipinski definition) is 4. The van der Waals surface area contributed by atoms with Crippen molar-refractivity contribution in [3.05, 3.63) is 119 Å². The van der Waals surface area contributed by atoms with Gasteiger partial charge in [-0.25, -0.2) is 9.59 Å². The van der Waals surface area contributed by atoms with Crippen molar-refractivity contribution < 1.29 is 58.2 Å². The molecule has 3 aromatic rings. The van der Waals surface area contributed by atoms with Gasteiger partial charge in [0.1, 0.15) is 29.7 Å². The molecule has 2 saturated carbocycles. The van der Waals surface area contributed by atoms with Gasteiger partial charge in [-0.3, -0.25) is 14.4 Å². The van der Waals surface area contributed by atoms with Gasteiger partial charge in [-0.1, -0.05) is 79.2 Å². The number of carbonyl (C=O) groups is 5. The SMILES string of the molecule is CC(=O)O[C@@]12CO[C@@H]1C[C@H](O)[C@@]1(C)C(=O)[C@H](C)C3=C(C)[C@@H](OC(=O)[C@H](O)[C@@H](NC(=O)c4ccccc4)c4ccccc4)C[C@](O)(C3)[C@@H](OC(=O)c3ccccc3)C12. The highest BCUT2D eigenvalue weighted by Crippen LogP contribution is 2.61. The monoisotopic (exact) mass is 781 g/mol. The van der Waals surface area contributed by atoms with Crippen LogP contribution in [0.25, 0.3) is 0 Å². The van der Waals surface area contributed by atoms with Crippen molar-refractivity contribution in [1.82, 2.24) is 5.32 Å². The number of Topliss-reactive ketones (excluding diaryl/α,β-unsaturated/α-hetero) is 1. The van der Waals surface area contributed by atoms with E-state index in [-0.39, 0.29) is 31.4 Å². The molecule has 0 aromatic heterocycles. The molecule has 0 spiro atoms. The van der Waals surface area contributed by atoms with Gasteiger partial charge in [-0.15, -0.1) is 0 Å². The minimum atomic E-state index is -2.08. The van der Waals surface area contributed by atoms with Crippen molar-refractivity contribution in [2.75, 3.05) is 6.61 Å². The second-order valence-electron chi connectivity index (χ2n) is 15.9. The number of ketones is 1. The third-order valence-corrected chi connectivity index (χ3v) is 12.5. The average molecular weight is 782 g/mol. The van der Waals surface area contributed by atoms with Crippen LogP contribution in [0.2, 0.25) is 0 Å². The number of aliphatic hydroxyl groups is 3. The van der Waals surface area contributed by atoms with Crippen LogP contribution in [0.4, 0.5) is 0 Å². The van der Waals surface area contributed by atoms with Gasteiger partial charge >= 0.3 is 17.9 Å². The number of rotatable bonds is 9. The number of fused-ring (bicyclic) bond motifs is 5. The Morgan fingerprint density at radius 1 is 0.912 bits per heavy atom. The summed E-state index contributed by atoms with van der Waals surface area (Å²) in [5.41, 5.74) is -3.69. The molecule has 3 aromatic carbocycles. The number of hydrogen-bond acceptors (Lipinski definition) is 12. The standard InChI is InChI=1S/C44H47NO12/c1-24-30-21-43(53,22-31(24)55-41(52)35(48)34(27-14-8-5-9-15-27)45-39(50)28-16-10-6-11-17-28)38(56-40(51)29-18-12-7-13-19-29)36-42(4,37(49)25(30)2)32(47)20-33-44(36,23-54-33)57-26(3)46/h5-19,25,31-36,38,47-48,53H,20-23H2,1-4H3,(H,45,50)/t25-,31+,32+,33-,34+,35-,36?,38+,42-,43-,44+/m1/s1. The first-order chi connectivity index (χ1) is 27.1. The van der Waals surface area contributed by atoms with Crippen molar-refractivity contribution in [3.63, 3.8) is 0 Å². The Balaban J connectivity index is 1.29. The number of esters is 3. The molecule has 57 heavy (non-hydrogen) atoms. The van der Waals surface area contributed by atoms with Gasteiger partial charge in [0.25, 0.3) is 5.91 Å². The van der Waals surface area contributed by atoms with E-state index >= 15 is 0 Å². The number of nitrogens with one attached hydrogen (secondary N) is 1. The molecule has 13 nitrogen and oxygen atoms in total. The van der Waals surface area contributed by atoms with E-state index in [2.05, 4.69) is 5.32 Å². The number of ether oxygens (including phenoxy) is 4. The minimum absolute atomic E-state index is 0.0595. The molecule has 1 heterocycles. The molecule has 4 aliphatic rings. The van der Waals surface area contributed by atoms with Crippen molar-refractivity contribution >= 4 is 29.6 Å².